The van der Waals surface area contributed by atoms with Gasteiger partial charge in [-0.3, -0.25) is 4.98 Å². The standard InChI is InChI=1S/C14H22N2O/c1-10(2)11(3)17-14-6-7-15-8-12(14)9-16-13-4-5-13/h6-8,10-11,13,16H,4-5,9H2,1-3H3. The van der Waals surface area contributed by atoms with Gasteiger partial charge in [-0.25, -0.2) is 0 Å². The van der Waals surface area contributed by atoms with Crippen LogP contribution in [0.4, 0.5) is 0 Å². The minimum atomic E-state index is 0.233. The first-order valence-electron chi connectivity index (χ1n) is 6.49. The summed E-state index contributed by atoms with van der Waals surface area (Å²) < 4.78 is 5.98. The molecule has 0 spiro atoms. The van der Waals surface area contributed by atoms with Gasteiger partial charge in [-0.2, -0.15) is 0 Å². The summed E-state index contributed by atoms with van der Waals surface area (Å²) in [7, 11) is 0. The third-order valence-corrected chi connectivity index (χ3v) is 3.27. The van der Waals surface area contributed by atoms with E-state index in [9.17, 15) is 0 Å². The smallest absolute Gasteiger partial charge is 0.127 e. The molecule has 1 saturated carbocycles. The van der Waals surface area contributed by atoms with Gasteiger partial charge in [0.15, 0.2) is 0 Å². The van der Waals surface area contributed by atoms with Crippen LogP contribution in [0.25, 0.3) is 0 Å². The van der Waals surface area contributed by atoms with Crippen molar-refractivity contribution in [1.82, 2.24) is 10.3 Å². The van der Waals surface area contributed by atoms with Crippen molar-refractivity contribution in [3.63, 3.8) is 0 Å². The second-order valence-corrected chi connectivity index (χ2v) is 5.21. The highest BCUT2D eigenvalue weighted by molar-refractivity contribution is 5.30. The fourth-order valence-electron chi connectivity index (χ4n) is 1.54. The van der Waals surface area contributed by atoms with Gasteiger partial charge >= 0.3 is 0 Å². The maximum Gasteiger partial charge on any atom is 0.127 e. The lowest BCUT2D eigenvalue weighted by atomic mass is 10.1. The summed E-state index contributed by atoms with van der Waals surface area (Å²) in [5.41, 5.74) is 1.16. The normalized spacial score (nSPS) is 17.2. The van der Waals surface area contributed by atoms with Crippen molar-refractivity contribution in [3.05, 3.63) is 24.0 Å². The highest BCUT2D eigenvalue weighted by Gasteiger charge is 2.21. The van der Waals surface area contributed by atoms with Gasteiger partial charge in [0, 0.05) is 30.5 Å². The molecule has 1 aromatic heterocycles. The van der Waals surface area contributed by atoms with Crippen molar-refractivity contribution in [3.8, 4) is 5.75 Å². The molecule has 17 heavy (non-hydrogen) atoms. The van der Waals surface area contributed by atoms with E-state index in [0.717, 1.165) is 17.9 Å². The van der Waals surface area contributed by atoms with Crippen LogP contribution in [0.1, 0.15) is 39.2 Å². The second-order valence-electron chi connectivity index (χ2n) is 5.21. The van der Waals surface area contributed by atoms with Crippen LogP contribution in [0.15, 0.2) is 18.5 Å². The number of ether oxygens (including phenoxy) is 1. The van der Waals surface area contributed by atoms with Gasteiger partial charge in [-0.1, -0.05) is 13.8 Å². The lowest BCUT2D eigenvalue weighted by Crippen LogP contribution is -2.21. The molecule has 0 saturated heterocycles. The van der Waals surface area contributed by atoms with E-state index in [4.69, 9.17) is 4.74 Å². The van der Waals surface area contributed by atoms with Gasteiger partial charge in [0.25, 0.3) is 0 Å². The zero-order chi connectivity index (χ0) is 12.3. The maximum atomic E-state index is 5.98. The molecular formula is C14H22N2O. The van der Waals surface area contributed by atoms with Crippen molar-refractivity contribution in [2.45, 2.75) is 52.3 Å². The first kappa shape index (κ1) is 12.4. The fraction of sp³-hybridized carbons (Fsp3) is 0.643. The molecule has 1 unspecified atom stereocenters. The fourth-order valence-corrected chi connectivity index (χ4v) is 1.54. The average Bonchev–Trinajstić information content (AvgIpc) is 3.11. The molecule has 2 rings (SSSR count). The van der Waals surface area contributed by atoms with Crippen molar-refractivity contribution < 1.29 is 4.74 Å². The number of hydrogen-bond acceptors (Lipinski definition) is 3. The molecule has 0 bridgehead atoms. The van der Waals surface area contributed by atoms with Crippen LogP contribution in [0.5, 0.6) is 5.75 Å². The van der Waals surface area contributed by atoms with Gasteiger partial charge in [0.05, 0.1) is 6.10 Å². The predicted molar refractivity (Wildman–Crippen MR) is 69.0 cm³/mol. The molecule has 1 aliphatic rings. The van der Waals surface area contributed by atoms with Crippen LogP contribution < -0.4 is 10.1 Å². The summed E-state index contributed by atoms with van der Waals surface area (Å²) in [4.78, 5) is 4.18. The van der Waals surface area contributed by atoms with Crippen LogP contribution in [0.3, 0.4) is 0 Å². The Labute approximate surface area is 104 Å². The molecule has 0 amide bonds. The molecule has 0 radical (unpaired) electrons. The summed E-state index contributed by atoms with van der Waals surface area (Å²) in [6.45, 7) is 7.32. The number of rotatable bonds is 6. The molecule has 0 aromatic carbocycles. The largest absolute Gasteiger partial charge is 0.490 e. The topological polar surface area (TPSA) is 34.1 Å². The first-order valence-corrected chi connectivity index (χ1v) is 6.49. The Bertz CT molecular complexity index is 361. The number of nitrogens with zero attached hydrogens (tertiary/aromatic N) is 1. The number of nitrogens with one attached hydrogen (secondary N) is 1. The summed E-state index contributed by atoms with van der Waals surface area (Å²) in [6, 6.07) is 2.67. The Morgan fingerprint density at radius 2 is 2.18 bits per heavy atom. The number of aromatic nitrogens is 1. The third-order valence-electron chi connectivity index (χ3n) is 3.27. The molecule has 1 aromatic rings. The summed E-state index contributed by atoms with van der Waals surface area (Å²) in [5, 5.41) is 3.50. The average molecular weight is 234 g/mol. The summed E-state index contributed by atoms with van der Waals surface area (Å²) >= 11 is 0. The van der Waals surface area contributed by atoms with Crippen molar-refractivity contribution in [2.75, 3.05) is 0 Å². The Balaban J connectivity index is 1.98. The molecular weight excluding hydrogens is 212 g/mol. The SMILES string of the molecule is CC(C)C(C)Oc1ccncc1CNC1CC1. The molecule has 1 atom stereocenters. The molecule has 0 aliphatic heterocycles. The monoisotopic (exact) mass is 234 g/mol. The molecule has 1 fully saturated rings. The van der Waals surface area contributed by atoms with Crippen LogP contribution in [-0.2, 0) is 6.54 Å². The first-order chi connectivity index (χ1) is 8.16. The highest BCUT2D eigenvalue weighted by atomic mass is 16.5. The van der Waals surface area contributed by atoms with Crippen LogP contribution >= 0.6 is 0 Å². The Kier molecular flexibility index (Phi) is 4.00. The van der Waals surface area contributed by atoms with Gasteiger partial charge in [0.2, 0.25) is 0 Å². The van der Waals surface area contributed by atoms with Crippen molar-refractivity contribution in [1.29, 1.82) is 0 Å². The van der Waals surface area contributed by atoms with E-state index in [-0.39, 0.29) is 6.10 Å². The number of hydrogen-bond donors (Lipinski definition) is 1. The quantitative estimate of drug-likeness (QED) is 0.822. The van der Waals surface area contributed by atoms with E-state index in [1.54, 1.807) is 6.20 Å². The van der Waals surface area contributed by atoms with Crippen molar-refractivity contribution in [2.24, 2.45) is 5.92 Å². The Hall–Kier alpha value is -1.09. The van der Waals surface area contributed by atoms with E-state index in [1.807, 2.05) is 12.3 Å². The van der Waals surface area contributed by atoms with Crippen LogP contribution in [0, 0.1) is 5.92 Å². The van der Waals surface area contributed by atoms with Gasteiger partial charge < -0.3 is 10.1 Å². The van der Waals surface area contributed by atoms with Crippen molar-refractivity contribution >= 4 is 0 Å². The van der Waals surface area contributed by atoms with Crippen LogP contribution in [0.2, 0.25) is 0 Å². The molecule has 1 heterocycles. The number of pyridine rings is 1. The van der Waals surface area contributed by atoms with Gasteiger partial charge in [-0.15, -0.1) is 0 Å². The lowest BCUT2D eigenvalue weighted by Gasteiger charge is -2.20. The zero-order valence-corrected chi connectivity index (χ0v) is 10.9. The molecule has 1 N–H and O–H groups in total. The van der Waals surface area contributed by atoms with E-state index in [2.05, 4.69) is 31.1 Å². The van der Waals surface area contributed by atoms with E-state index in [1.165, 1.54) is 12.8 Å². The highest BCUT2D eigenvalue weighted by Crippen LogP contribution is 2.23. The third kappa shape index (κ3) is 3.70. The molecule has 3 heteroatoms. The van der Waals surface area contributed by atoms with Crippen LogP contribution in [-0.4, -0.2) is 17.1 Å². The lowest BCUT2D eigenvalue weighted by molar-refractivity contribution is 0.168. The minimum Gasteiger partial charge on any atom is -0.490 e. The van der Waals surface area contributed by atoms with E-state index in [0.29, 0.717) is 12.0 Å². The van der Waals surface area contributed by atoms with E-state index < -0.39 is 0 Å². The molecule has 1 aliphatic carbocycles. The van der Waals surface area contributed by atoms with Gasteiger partial charge in [0.1, 0.15) is 5.75 Å². The maximum absolute atomic E-state index is 5.98. The zero-order valence-electron chi connectivity index (χ0n) is 10.9. The minimum absolute atomic E-state index is 0.233. The predicted octanol–water partition coefficient (Wildman–Crippen LogP) is 2.76. The summed E-state index contributed by atoms with van der Waals surface area (Å²) in [5.74, 6) is 1.49. The Morgan fingerprint density at radius 1 is 1.41 bits per heavy atom. The molecule has 3 nitrogen and oxygen atoms in total. The van der Waals surface area contributed by atoms with E-state index >= 15 is 0 Å². The Morgan fingerprint density at radius 3 is 2.82 bits per heavy atom. The summed E-state index contributed by atoms with van der Waals surface area (Å²) in [6.07, 6.45) is 6.54. The second kappa shape index (κ2) is 5.50. The molecule has 94 valence electrons. The van der Waals surface area contributed by atoms with Gasteiger partial charge in [-0.05, 0) is 31.7 Å².